The molecule has 1 N–H and O–H groups in total. The van der Waals surface area contributed by atoms with Gasteiger partial charge in [0.25, 0.3) is 0 Å². The molecule has 8 heteroatoms. The fourth-order valence-electron chi connectivity index (χ4n) is 2.67. The van der Waals surface area contributed by atoms with Crippen molar-refractivity contribution in [1.29, 1.82) is 0 Å². The van der Waals surface area contributed by atoms with Crippen molar-refractivity contribution in [3.8, 4) is 17.1 Å². The highest BCUT2D eigenvalue weighted by Gasteiger charge is 2.16. The summed E-state index contributed by atoms with van der Waals surface area (Å²) in [6.07, 6.45) is 3.47. The SMILES string of the molecule is COc1cccc(NC(=O)CSc2nnc(-c3ccncc3)n2CC(C)C)c1. The number of hydrogen-bond donors (Lipinski definition) is 1. The van der Waals surface area contributed by atoms with E-state index in [0.717, 1.165) is 23.1 Å². The van der Waals surface area contributed by atoms with Gasteiger partial charge in [0.05, 0.1) is 12.9 Å². The van der Waals surface area contributed by atoms with Crippen molar-refractivity contribution in [3.63, 3.8) is 0 Å². The van der Waals surface area contributed by atoms with Crippen LogP contribution in [0.15, 0.2) is 53.9 Å². The number of anilines is 1. The Morgan fingerprint density at radius 1 is 1.21 bits per heavy atom. The van der Waals surface area contributed by atoms with Gasteiger partial charge in [0.1, 0.15) is 5.75 Å². The second-order valence-corrected chi connectivity index (χ2v) is 7.56. The summed E-state index contributed by atoms with van der Waals surface area (Å²) < 4.78 is 7.24. The van der Waals surface area contributed by atoms with Gasteiger partial charge >= 0.3 is 0 Å². The van der Waals surface area contributed by atoms with Crippen LogP contribution in [0.1, 0.15) is 13.8 Å². The lowest BCUT2D eigenvalue weighted by Gasteiger charge is -2.12. The number of nitrogens with one attached hydrogen (secondary N) is 1. The normalized spacial score (nSPS) is 10.9. The van der Waals surface area contributed by atoms with Gasteiger partial charge in [-0.25, -0.2) is 0 Å². The average Bonchev–Trinajstić information content (AvgIpc) is 3.09. The Balaban J connectivity index is 1.71. The fraction of sp³-hybridized carbons (Fsp3) is 0.300. The van der Waals surface area contributed by atoms with Gasteiger partial charge in [-0.05, 0) is 30.2 Å². The van der Waals surface area contributed by atoms with Crippen LogP contribution < -0.4 is 10.1 Å². The van der Waals surface area contributed by atoms with E-state index in [1.807, 2.05) is 30.3 Å². The van der Waals surface area contributed by atoms with Crippen LogP contribution in [-0.2, 0) is 11.3 Å². The van der Waals surface area contributed by atoms with Crippen LogP contribution in [0.4, 0.5) is 5.69 Å². The number of aromatic nitrogens is 4. The summed E-state index contributed by atoms with van der Waals surface area (Å²) in [5.41, 5.74) is 1.65. The summed E-state index contributed by atoms with van der Waals surface area (Å²) in [5.74, 6) is 2.03. The molecular weight excluding hydrogens is 374 g/mol. The van der Waals surface area contributed by atoms with Crippen molar-refractivity contribution < 1.29 is 9.53 Å². The summed E-state index contributed by atoms with van der Waals surface area (Å²) in [5, 5.41) is 12.3. The van der Waals surface area contributed by atoms with Crippen LogP contribution in [0.3, 0.4) is 0 Å². The quantitative estimate of drug-likeness (QED) is 0.583. The van der Waals surface area contributed by atoms with E-state index < -0.39 is 0 Å². The second kappa shape index (κ2) is 9.36. The number of thioether (sulfide) groups is 1. The monoisotopic (exact) mass is 397 g/mol. The van der Waals surface area contributed by atoms with Crippen molar-refractivity contribution in [2.24, 2.45) is 5.92 Å². The van der Waals surface area contributed by atoms with Crippen molar-refractivity contribution in [2.75, 3.05) is 18.2 Å². The third kappa shape index (κ3) is 5.10. The molecule has 0 aliphatic carbocycles. The third-order valence-electron chi connectivity index (χ3n) is 3.89. The van der Waals surface area contributed by atoms with Crippen LogP contribution in [0.25, 0.3) is 11.4 Å². The first-order valence-corrected chi connectivity index (χ1v) is 9.95. The van der Waals surface area contributed by atoms with Crippen molar-refractivity contribution in [2.45, 2.75) is 25.5 Å². The molecule has 0 spiro atoms. The zero-order chi connectivity index (χ0) is 19.9. The van der Waals surface area contributed by atoms with Crippen LogP contribution in [0, 0.1) is 5.92 Å². The van der Waals surface area contributed by atoms with Gasteiger partial charge in [0.15, 0.2) is 11.0 Å². The Kier molecular flexibility index (Phi) is 6.65. The van der Waals surface area contributed by atoms with E-state index in [1.54, 1.807) is 25.6 Å². The van der Waals surface area contributed by atoms with Crippen LogP contribution in [0.2, 0.25) is 0 Å². The third-order valence-corrected chi connectivity index (χ3v) is 4.86. The highest BCUT2D eigenvalue weighted by atomic mass is 32.2. The maximum atomic E-state index is 12.4. The standard InChI is InChI=1S/C20H23N5O2S/c1-14(2)12-25-19(15-7-9-21-10-8-15)23-24-20(25)28-13-18(26)22-16-5-4-6-17(11-16)27-3/h4-11,14H,12-13H2,1-3H3,(H,22,26). The summed E-state index contributed by atoms with van der Waals surface area (Å²) in [7, 11) is 1.60. The molecule has 0 atom stereocenters. The fourth-order valence-corrected chi connectivity index (χ4v) is 3.42. The molecule has 1 amide bonds. The van der Waals surface area contributed by atoms with Crippen molar-refractivity contribution in [3.05, 3.63) is 48.8 Å². The lowest BCUT2D eigenvalue weighted by molar-refractivity contribution is -0.113. The number of amides is 1. The van der Waals surface area contributed by atoms with Crippen molar-refractivity contribution in [1.82, 2.24) is 19.7 Å². The number of hydrogen-bond acceptors (Lipinski definition) is 6. The number of methoxy groups -OCH3 is 1. The molecule has 0 unspecified atom stereocenters. The van der Waals surface area contributed by atoms with Gasteiger partial charge in [-0.3, -0.25) is 9.78 Å². The summed E-state index contributed by atoms with van der Waals surface area (Å²) in [6.45, 7) is 5.05. The van der Waals surface area contributed by atoms with E-state index >= 15 is 0 Å². The maximum absolute atomic E-state index is 12.4. The van der Waals surface area contributed by atoms with E-state index in [4.69, 9.17) is 4.74 Å². The molecule has 0 bridgehead atoms. The molecule has 0 saturated carbocycles. The number of ether oxygens (including phenoxy) is 1. The maximum Gasteiger partial charge on any atom is 0.234 e. The molecule has 1 aromatic carbocycles. The molecule has 0 aliphatic rings. The van der Waals surface area contributed by atoms with Gasteiger partial charge in [-0.2, -0.15) is 0 Å². The van der Waals surface area contributed by atoms with Gasteiger partial charge < -0.3 is 14.6 Å². The van der Waals surface area contributed by atoms with Gasteiger partial charge in [-0.15, -0.1) is 10.2 Å². The Bertz CT molecular complexity index is 927. The number of carbonyl (C=O) groups is 1. The molecule has 3 aromatic rings. The summed E-state index contributed by atoms with van der Waals surface area (Å²) in [4.78, 5) is 16.4. The van der Waals surface area contributed by atoms with E-state index in [1.165, 1.54) is 11.8 Å². The molecule has 0 aliphatic heterocycles. The van der Waals surface area contributed by atoms with Gasteiger partial charge in [-0.1, -0.05) is 31.7 Å². The first-order chi connectivity index (χ1) is 13.6. The van der Waals surface area contributed by atoms with Gasteiger partial charge in [0.2, 0.25) is 5.91 Å². The highest BCUT2D eigenvalue weighted by Crippen LogP contribution is 2.25. The molecular formula is C20H23N5O2S. The molecule has 0 radical (unpaired) electrons. The highest BCUT2D eigenvalue weighted by molar-refractivity contribution is 7.99. The lowest BCUT2D eigenvalue weighted by Crippen LogP contribution is -2.15. The van der Waals surface area contributed by atoms with Gasteiger partial charge in [0, 0.05) is 36.3 Å². The number of benzene rings is 1. The van der Waals surface area contributed by atoms with E-state index in [9.17, 15) is 4.79 Å². The van der Waals surface area contributed by atoms with E-state index in [2.05, 4.69) is 38.9 Å². The van der Waals surface area contributed by atoms with Crippen LogP contribution in [-0.4, -0.2) is 38.5 Å². The topological polar surface area (TPSA) is 81.9 Å². The Labute approximate surface area is 168 Å². The van der Waals surface area contributed by atoms with E-state index in [0.29, 0.717) is 17.4 Å². The van der Waals surface area contributed by atoms with E-state index in [-0.39, 0.29) is 11.7 Å². The zero-order valence-corrected chi connectivity index (χ0v) is 16.9. The predicted molar refractivity (Wildman–Crippen MR) is 110 cm³/mol. The average molecular weight is 398 g/mol. The molecule has 146 valence electrons. The molecule has 2 aromatic heterocycles. The molecule has 0 saturated heterocycles. The smallest absolute Gasteiger partial charge is 0.234 e. The first kappa shape index (κ1) is 19.9. The second-order valence-electron chi connectivity index (χ2n) is 6.62. The lowest BCUT2D eigenvalue weighted by atomic mass is 10.2. The molecule has 3 rings (SSSR count). The zero-order valence-electron chi connectivity index (χ0n) is 16.1. The Morgan fingerprint density at radius 2 is 2.00 bits per heavy atom. The molecule has 7 nitrogen and oxygen atoms in total. The Morgan fingerprint density at radius 3 is 2.71 bits per heavy atom. The number of rotatable bonds is 8. The minimum absolute atomic E-state index is 0.109. The molecule has 28 heavy (non-hydrogen) atoms. The molecule has 0 fully saturated rings. The summed E-state index contributed by atoms with van der Waals surface area (Å²) in [6, 6.07) is 11.1. The number of pyridine rings is 1. The summed E-state index contributed by atoms with van der Waals surface area (Å²) >= 11 is 1.37. The number of nitrogens with zero attached hydrogens (tertiary/aromatic N) is 4. The van der Waals surface area contributed by atoms with Crippen LogP contribution in [0.5, 0.6) is 5.75 Å². The number of carbonyl (C=O) groups excluding carboxylic acids is 1. The molecule has 2 heterocycles. The first-order valence-electron chi connectivity index (χ1n) is 8.97. The van der Waals surface area contributed by atoms with Crippen molar-refractivity contribution >= 4 is 23.4 Å². The largest absolute Gasteiger partial charge is 0.497 e. The minimum atomic E-state index is -0.109. The van der Waals surface area contributed by atoms with Crippen LogP contribution >= 0.6 is 11.8 Å². The Hall–Kier alpha value is -2.87. The minimum Gasteiger partial charge on any atom is -0.497 e. The predicted octanol–water partition coefficient (Wildman–Crippen LogP) is 3.74.